The van der Waals surface area contributed by atoms with Gasteiger partial charge in [0, 0.05) is 15.7 Å². The summed E-state index contributed by atoms with van der Waals surface area (Å²) in [5.41, 5.74) is -0.263. The molecule has 0 atom stereocenters. The molecule has 0 N–H and O–H groups in total. The predicted molar refractivity (Wildman–Crippen MR) is 42.4 cm³/mol. The number of carbonyl (C=O) groups is 1. The average Bonchev–Trinajstić information content (AvgIpc) is 1.86. The summed E-state index contributed by atoms with van der Waals surface area (Å²) in [5.74, 6) is 2.07. The predicted octanol–water partition coefficient (Wildman–Crippen LogP) is -0.00140. The molecule has 2 heteroatoms. The zero-order valence-electron chi connectivity index (χ0n) is 6.19. The van der Waals surface area contributed by atoms with Crippen molar-refractivity contribution in [2.24, 2.45) is 5.41 Å². The molecule has 0 rings (SSSR count). The van der Waals surface area contributed by atoms with Gasteiger partial charge in [0.15, 0.2) is 0 Å². The van der Waals surface area contributed by atoms with Crippen molar-refractivity contribution < 1.29 is 4.79 Å². The van der Waals surface area contributed by atoms with Gasteiger partial charge in [-0.2, -0.15) is 0 Å². The third-order valence-corrected chi connectivity index (χ3v) is 3.40. The molecular formula is C7H12OSi. The zero-order valence-corrected chi connectivity index (χ0v) is 8.19. The molecule has 0 fully saturated rings. The van der Waals surface area contributed by atoms with Crippen LogP contribution in [-0.2, 0) is 4.79 Å². The van der Waals surface area contributed by atoms with Gasteiger partial charge in [0.1, 0.15) is 0 Å². The van der Waals surface area contributed by atoms with E-state index in [-0.39, 0.29) is 11.2 Å². The topological polar surface area (TPSA) is 17.1 Å². The minimum atomic E-state index is -0.263. The van der Waals surface area contributed by atoms with Gasteiger partial charge in [-0.05, 0) is 5.92 Å². The van der Waals surface area contributed by atoms with Crippen molar-refractivity contribution in [1.82, 2.24) is 0 Å². The van der Waals surface area contributed by atoms with E-state index in [1.807, 2.05) is 13.8 Å². The van der Waals surface area contributed by atoms with Crippen molar-refractivity contribution in [3.8, 4) is 12.3 Å². The Balaban J connectivity index is 4.19. The SMILES string of the molecule is C#CC(=O)C(C)(C)C[SiH3]. The molecule has 0 heterocycles. The minimum Gasteiger partial charge on any atom is -0.284 e. The number of rotatable bonds is 2. The number of Topliss-reactive ketones (excluding diaryl/α,β-unsaturated/α-hetero) is 1. The summed E-state index contributed by atoms with van der Waals surface area (Å²) >= 11 is 0. The van der Waals surface area contributed by atoms with Crippen LogP contribution in [0.4, 0.5) is 0 Å². The molecule has 0 aliphatic carbocycles. The van der Waals surface area contributed by atoms with Crippen molar-refractivity contribution in [1.29, 1.82) is 0 Å². The molecule has 0 radical (unpaired) electrons. The van der Waals surface area contributed by atoms with Gasteiger partial charge in [-0.3, -0.25) is 4.79 Å². The van der Waals surface area contributed by atoms with Crippen molar-refractivity contribution in [3.05, 3.63) is 0 Å². The minimum absolute atomic E-state index is 0.0718. The molecule has 0 aromatic carbocycles. The first-order chi connectivity index (χ1) is 4.04. The van der Waals surface area contributed by atoms with E-state index < -0.39 is 0 Å². The van der Waals surface area contributed by atoms with E-state index in [1.54, 1.807) is 0 Å². The molecule has 0 spiro atoms. The third-order valence-electron chi connectivity index (χ3n) is 1.63. The fourth-order valence-electron chi connectivity index (χ4n) is 0.356. The number of carbonyl (C=O) groups excluding carboxylic acids is 1. The molecule has 0 aliphatic heterocycles. The normalized spacial score (nSPS) is 10.8. The average molecular weight is 140 g/mol. The van der Waals surface area contributed by atoms with Gasteiger partial charge in [0.2, 0.25) is 5.78 Å². The van der Waals surface area contributed by atoms with E-state index in [0.717, 1.165) is 16.3 Å². The Morgan fingerprint density at radius 3 is 2.33 bits per heavy atom. The smallest absolute Gasteiger partial charge is 0.210 e. The van der Waals surface area contributed by atoms with E-state index in [0.29, 0.717) is 0 Å². The van der Waals surface area contributed by atoms with E-state index in [4.69, 9.17) is 6.42 Å². The standard InChI is InChI=1S/C7H12OSi/c1-4-6(8)7(2,3)5-9/h1H,5H2,2-3,9H3. The Bertz CT molecular complexity index is 153. The van der Waals surface area contributed by atoms with Gasteiger partial charge in [-0.25, -0.2) is 0 Å². The summed E-state index contributed by atoms with van der Waals surface area (Å²) in [5, 5.41) is 0. The first-order valence-corrected chi connectivity index (χ1v) is 4.47. The Morgan fingerprint density at radius 2 is 2.22 bits per heavy atom. The second-order valence-electron chi connectivity index (χ2n) is 2.71. The summed E-state index contributed by atoms with van der Waals surface area (Å²) in [6.07, 6.45) is 4.95. The Labute approximate surface area is 59.3 Å². The van der Waals surface area contributed by atoms with Crippen LogP contribution in [0.3, 0.4) is 0 Å². The highest BCUT2D eigenvalue weighted by atomic mass is 28.1. The quantitative estimate of drug-likeness (QED) is 0.300. The maximum Gasteiger partial charge on any atom is 0.210 e. The third kappa shape index (κ3) is 2.02. The van der Waals surface area contributed by atoms with Gasteiger partial charge in [0.25, 0.3) is 0 Å². The van der Waals surface area contributed by atoms with Crippen LogP contribution in [-0.4, -0.2) is 16.0 Å². The van der Waals surface area contributed by atoms with Gasteiger partial charge in [-0.1, -0.05) is 19.9 Å². The molecule has 1 nitrogen and oxygen atoms in total. The monoisotopic (exact) mass is 140 g/mol. The first-order valence-electron chi connectivity index (χ1n) is 3.05. The second-order valence-corrected chi connectivity index (χ2v) is 3.42. The van der Waals surface area contributed by atoms with Crippen LogP contribution in [0.5, 0.6) is 0 Å². The molecule has 9 heavy (non-hydrogen) atoms. The summed E-state index contributed by atoms with van der Waals surface area (Å²) in [4.78, 5) is 10.9. The Kier molecular flexibility index (Phi) is 2.66. The molecule has 0 aliphatic rings. The van der Waals surface area contributed by atoms with Gasteiger partial charge in [0.05, 0.1) is 0 Å². The Morgan fingerprint density at radius 1 is 1.78 bits per heavy atom. The molecule has 0 aromatic heterocycles. The maximum absolute atomic E-state index is 10.9. The van der Waals surface area contributed by atoms with Crippen molar-refractivity contribution in [2.75, 3.05) is 0 Å². The number of hydrogen-bond donors (Lipinski definition) is 0. The molecule has 0 saturated carbocycles. The van der Waals surface area contributed by atoms with E-state index >= 15 is 0 Å². The lowest BCUT2D eigenvalue weighted by Crippen LogP contribution is -2.21. The van der Waals surface area contributed by atoms with Crippen LogP contribution in [0, 0.1) is 17.8 Å². The highest BCUT2D eigenvalue weighted by molar-refractivity contribution is 6.13. The number of terminal acetylenes is 1. The van der Waals surface area contributed by atoms with E-state index in [1.165, 1.54) is 0 Å². The van der Waals surface area contributed by atoms with Gasteiger partial charge in [-0.15, -0.1) is 6.42 Å². The van der Waals surface area contributed by atoms with Gasteiger partial charge >= 0.3 is 0 Å². The molecule has 0 aromatic rings. The second kappa shape index (κ2) is 2.84. The Hall–Kier alpha value is -0.553. The van der Waals surface area contributed by atoms with Crippen LogP contribution in [0.1, 0.15) is 13.8 Å². The fraction of sp³-hybridized carbons (Fsp3) is 0.571. The lowest BCUT2D eigenvalue weighted by Gasteiger charge is -2.16. The summed E-state index contributed by atoms with van der Waals surface area (Å²) < 4.78 is 0. The fourth-order valence-corrected chi connectivity index (χ4v) is 0.677. The molecule has 0 saturated heterocycles. The van der Waals surface area contributed by atoms with Gasteiger partial charge < -0.3 is 0 Å². The molecular weight excluding hydrogens is 128 g/mol. The highest BCUT2D eigenvalue weighted by Crippen LogP contribution is 2.19. The van der Waals surface area contributed by atoms with Crippen LogP contribution in [0.25, 0.3) is 0 Å². The molecule has 0 unspecified atom stereocenters. The lowest BCUT2D eigenvalue weighted by atomic mass is 9.91. The van der Waals surface area contributed by atoms with Crippen molar-refractivity contribution in [3.63, 3.8) is 0 Å². The number of hydrogen-bond acceptors (Lipinski definition) is 1. The summed E-state index contributed by atoms with van der Waals surface area (Å²) in [7, 11) is 1.03. The summed E-state index contributed by atoms with van der Waals surface area (Å²) in [6.45, 7) is 3.78. The number of ketones is 1. The lowest BCUT2D eigenvalue weighted by molar-refractivity contribution is -0.120. The molecule has 50 valence electrons. The zero-order chi connectivity index (χ0) is 7.49. The largest absolute Gasteiger partial charge is 0.284 e. The van der Waals surface area contributed by atoms with Crippen LogP contribution in [0.15, 0.2) is 0 Å². The summed E-state index contributed by atoms with van der Waals surface area (Å²) in [6, 6.07) is 0.941. The molecule has 0 amide bonds. The molecule has 0 bridgehead atoms. The van der Waals surface area contributed by atoms with Crippen LogP contribution >= 0.6 is 0 Å². The van der Waals surface area contributed by atoms with Crippen LogP contribution < -0.4 is 0 Å². The highest BCUT2D eigenvalue weighted by Gasteiger charge is 2.22. The maximum atomic E-state index is 10.9. The van der Waals surface area contributed by atoms with Crippen molar-refractivity contribution in [2.45, 2.75) is 19.9 Å². The first kappa shape index (κ1) is 8.45. The van der Waals surface area contributed by atoms with E-state index in [2.05, 4.69) is 5.92 Å². The van der Waals surface area contributed by atoms with E-state index in [9.17, 15) is 4.79 Å². The van der Waals surface area contributed by atoms with Crippen molar-refractivity contribution >= 4 is 16.0 Å². The van der Waals surface area contributed by atoms with Crippen LogP contribution in [0.2, 0.25) is 6.04 Å².